The van der Waals surface area contributed by atoms with Crippen molar-refractivity contribution in [2.24, 2.45) is 5.73 Å². The zero-order chi connectivity index (χ0) is 8.27. The summed E-state index contributed by atoms with van der Waals surface area (Å²) in [5.41, 5.74) is 6.51. The number of halogens is 1. The van der Waals surface area contributed by atoms with Crippen LogP contribution in [-0.2, 0) is 0 Å². The largest absolute Gasteiger partial charge is 0.513 e. The van der Waals surface area contributed by atoms with E-state index >= 15 is 0 Å². The molecule has 1 aromatic carbocycles. The first kappa shape index (κ1) is 7.95. The molecule has 0 unspecified atom stereocenters. The average molecular weight is 170 g/mol. The number of benzene rings is 1. The third-order valence-corrected chi connectivity index (χ3v) is 1.57. The normalized spacial score (nSPS) is 11.5. The fourth-order valence-corrected chi connectivity index (χ4v) is 0.843. The van der Waals surface area contributed by atoms with Gasteiger partial charge in [0.15, 0.2) is 0 Å². The molecule has 0 fully saturated rings. The lowest BCUT2D eigenvalue weighted by Gasteiger charge is -1.98. The van der Waals surface area contributed by atoms with E-state index in [9.17, 15) is 0 Å². The number of aliphatic hydroxyl groups excluding tert-OH is 1. The molecule has 0 bridgehead atoms. The van der Waals surface area contributed by atoms with Gasteiger partial charge in [-0.1, -0.05) is 23.7 Å². The van der Waals surface area contributed by atoms with Gasteiger partial charge in [0.2, 0.25) is 0 Å². The Kier molecular flexibility index (Phi) is 2.39. The van der Waals surface area contributed by atoms with Gasteiger partial charge in [-0.3, -0.25) is 0 Å². The molecule has 58 valence electrons. The maximum atomic E-state index is 8.54. The Morgan fingerprint density at radius 2 is 1.91 bits per heavy atom. The Bertz CT molecular complexity index is 266. The van der Waals surface area contributed by atoms with E-state index in [1.165, 1.54) is 0 Å². The zero-order valence-electron chi connectivity index (χ0n) is 5.79. The van der Waals surface area contributed by atoms with Gasteiger partial charge in [-0.2, -0.15) is 0 Å². The predicted molar refractivity (Wildman–Crippen MR) is 46.2 cm³/mol. The summed E-state index contributed by atoms with van der Waals surface area (Å²) in [6, 6.07) is 6.91. The molecule has 0 radical (unpaired) electrons. The van der Waals surface area contributed by atoms with E-state index in [0.717, 1.165) is 11.8 Å². The Morgan fingerprint density at radius 3 is 2.36 bits per heavy atom. The standard InChI is InChI=1S/C8H8ClNO/c9-7-3-1-6(2-4-7)8(10)5-11/h1-5,11H,10H2/b8-5-. The van der Waals surface area contributed by atoms with Crippen molar-refractivity contribution in [3.05, 3.63) is 41.1 Å². The highest BCUT2D eigenvalue weighted by atomic mass is 35.5. The molecule has 2 nitrogen and oxygen atoms in total. The van der Waals surface area contributed by atoms with Crippen LogP contribution < -0.4 is 5.73 Å². The lowest BCUT2D eigenvalue weighted by molar-refractivity contribution is 0.475. The lowest BCUT2D eigenvalue weighted by atomic mass is 10.2. The molecule has 1 rings (SSSR count). The van der Waals surface area contributed by atoms with Crippen molar-refractivity contribution in [2.45, 2.75) is 0 Å². The van der Waals surface area contributed by atoms with Gasteiger partial charge in [0.05, 0.1) is 5.70 Å². The van der Waals surface area contributed by atoms with Crippen LogP contribution >= 0.6 is 11.6 Å². The second-order valence-corrected chi connectivity index (χ2v) is 2.53. The summed E-state index contributed by atoms with van der Waals surface area (Å²) in [4.78, 5) is 0. The van der Waals surface area contributed by atoms with E-state index in [-0.39, 0.29) is 0 Å². The van der Waals surface area contributed by atoms with Gasteiger partial charge in [0.1, 0.15) is 6.26 Å². The Balaban J connectivity index is 2.99. The highest BCUT2D eigenvalue weighted by Gasteiger charge is 1.94. The fraction of sp³-hybridized carbons (Fsp3) is 0. The molecule has 0 saturated heterocycles. The van der Waals surface area contributed by atoms with Crippen LogP contribution in [-0.4, -0.2) is 5.11 Å². The number of nitrogens with two attached hydrogens (primary N) is 1. The van der Waals surface area contributed by atoms with E-state index < -0.39 is 0 Å². The molecule has 11 heavy (non-hydrogen) atoms. The Morgan fingerprint density at radius 1 is 1.36 bits per heavy atom. The summed E-state index contributed by atoms with van der Waals surface area (Å²) >= 11 is 5.64. The average Bonchev–Trinajstić information content (AvgIpc) is 2.05. The molecule has 0 atom stereocenters. The molecule has 0 amide bonds. The third kappa shape index (κ3) is 1.88. The molecule has 0 saturated carbocycles. The van der Waals surface area contributed by atoms with Crippen molar-refractivity contribution in [3.63, 3.8) is 0 Å². The number of hydrogen-bond acceptors (Lipinski definition) is 2. The van der Waals surface area contributed by atoms with Crippen LogP contribution in [0, 0.1) is 0 Å². The molecule has 0 aliphatic carbocycles. The minimum atomic E-state index is 0.335. The minimum Gasteiger partial charge on any atom is -0.513 e. The highest BCUT2D eigenvalue weighted by molar-refractivity contribution is 6.30. The van der Waals surface area contributed by atoms with Gasteiger partial charge < -0.3 is 10.8 Å². The molecular weight excluding hydrogens is 162 g/mol. The first-order chi connectivity index (χ1) is 5.24. The van der Waals surface area contributed by atoms with Crippen molar-refractivity contribution in [1.29, 1.82) is 0 Å². The molecule has 3 heteroatoms. The monoisotopic (exact) mass is 169 g/mol. The molecule has 0 aliphatic heterocycles. The Labute approximate surface area is 69.9 Å². The molecule has 0 heterocycles. The van der Waals surface area contributed by atoms with Crippen molar-refractivity contribution in [3.8, 4) is 0 Å². The van der Waals surface area contributed by atoms with Gasteiger partial charge in [-0.05, 0) is 12.1 Å². The first-order valence-corrected chi connectivity index (χ1v) is 3.47. The highest BCUT2D eigenvalue weighted by Crippen LogP contribution is 2.12. The van der Waals surface area contributed by atoms with E-state index in [1.54, 1.807) is 24.3 Å². The maximum absolute atomic E-state index is 8.54. The second kappa shape index (κ2) is 3.30. The van der Waals surface area contributed by atoms with Gasteiger partial charge in [-0.25, -0.2) is 0 Å². The lowest BCUT2D eigenvalue weighted by Crippen LogP contribution is -1.94. The third-order valence-electron chi connectivity index (χ3n) is 1.32. The van der Waals surface area contributed by atoms with Crippen molar-refractivity contribution in [1.82, 2.24) is 0 Å². The van der Waals surface area contributed by atoms with Gasteiger partial charge in [0.25, 0.3) is 0 Å². The van der Waals surface area contributed by atoms with E-state index in [0.29, 0.717) is 10.7 Å². The summed E-state index contributed by atoms with van der Waals surface area (Å²) in [7, 11) is 0. The molecule has 3 N–H and O–H groups in total. The van der Waals surface area contributed by atoms with Crippen LogP contribution in [0.1, 0.15) is 5.56 Å². The van der Waals surface area contributed by atoms with Crippen LogP contribution in [0.2, 0.25) is 5.02 Å². The summed E-state index contributed by atoms with van der Waals surface area (Å²) in [5, 5.41) is 9.19. The number of aliphatic hydroxyl groups is 1. The van der Waals surface area contributed by atoms with Crippen molar-refractivity contribution >= 4 is 17.3 Å². The molecule has 0 spiro atoms. The minimum absolute atomic E-state index is 0.335. The molecule has 0 aromatic heterocycles. The summed E-state index contributed by atoms with van der Waals surface area (Å²) in [6.07, 6.45) is 0.864. The van der Waals surface area contributed by atoms with Crippen LogP contribution in [0.3, 0.4) is 0 Å². The predicted octanol–water partition coefficient (Wildman–Crippen LogP) is 2.16. The Hall–Kier alpha value is -1.15. The quantitative estimate of drug-likeness (QED) is 0.633. The van der Waals surface area contributed by atoms with E-state index in [4.69, 9.17) is 22.4 Å². The maximum Gasteiger partial charge on any atom is 0.103 e. The van der Waals surface area contributed by atoms with Crippen molar-refractivity contribution in [2.75, 3.05) is 0 Å². The second-order valence-electron chi connectivity index (χ2n) is 2.09. The SMILES string of the molecule is N/C(=C\O)c1ccc(Cl)cc1. The smallest absolute Gasteiger partial charge is 0.103 e. The van der Waals surface area contributed by atoms with Crippen LogP contribution in [0.15, 0.2) is 30.5 Å². The van der Waals surface area contributed by atoms with Gasteiger partial charge in [-0.15, -0.1) is 0 Å². The van der Waals surface area contributed by atoms with Crippen molar-refractivity contribution < 1.29 is 5.11 Å². The van der Waals surface area contributed by atoms with Crippen LogP contribution in [0.25, 0.3) is 5.70 Å². The summed E-state index contributed by atoms with van der Waals surface area (Å²) < 4.78 is 0. The van der Waals surface area contributed by atoms with E-state index in [1.807, 2.05) is 0 Å². The molecule has 0 aliphatic rings. The topological polar surface area (TPSA) is 46.2 Å². The van der Waals surface area contributed by atoms with E-state index in [2.05, 4.69) is 0 Å². The van der Waals surface area contributed by atoms with Crippen LogP contribution in [0.5, 0.6) is 0 Å². The van der Waals surface area contributed by atoms with Gasteiger partial charge >= 0.3 is 0 Å². The number of hydrogen-bond donors (Lipinski definition) is 2. The number of rotatable bonds is 1. The molecule has 1 aromatic rings. The molecular formula is C8H8ClNO. The van der Waals surface area contributed by atoms with Gasteiger partial charge in [0, 0.05) is 10.6 Å². The first-order valence-electron chi connectivity index (χ1n) is 3.10. The van der Waals surface area contributed by atoms with Crippen LogP contribution in [0.4, 0.5) is 0 Å². The zero-order valence-corrected chi connectivity index (χ0v) is 6.55. The fourth-order valence-electron chi connectivity index (χ4n) is 0.717. The summed E-state index contributed by atoms with van der Waals surface area (Å²) in [5.74, 6) is 0. The summed E-state index contributed by atoms with van der Waals surface area (Å²) in [6.45, 7) is 0.